The van der Waals surface area contributed by atoms with Crippen LogP contribution in [0.3, 0.4) is 0 Å². The largest absolute Gasteiger partial charge is 0.378 e. The molecule has 0 radical (unpaired) electrons. The van der Waals surface area contributed by atoms with Gasteiger partial charge in [0, 0.05) is 28.8 Å². The highest BCUT2D eigenvalue weighted by atomic mass is 35.5. The average Bonchev–Trinajstić information content (AvgIpc) is 3.06. The molecule has 1 aliphatic rings. The van der Waals surface area contributed by atoms with E-state index in [9.17, 15) is 14.4 Å². The number of rotatable bonds is 3. The number of hydrogen-bond donors (Lipinski definition) is 1. The minimum atomic E-state index is -0.563. The number of benzene rings is 1. The SMILES string of the molecule is Cc1nn2c(C(=O)N3CCOCC3)c(C(=O)Nc3cc(Cl)cc(Cl)c3)sc2nc1=O. The summed E-state index contributed by atoms with van der Waals surface area (Å²) in [5.74, 6) is -0.955. The van der Waals surface area contributed by atoms with E-state index in [2.05, 4.69) is 15.4 Å². The molecule has 0 bridgehead atoms. The first-order chi connectivity index (χ1) is 14.3. The summed E-state index contributed by atoms with van der Waals surface area (Å²) in [5.41, 5.74) is 0.00887. The van der Waals surface area contributed by atoms with Crippen molar-refractivity contribution < 1.29 is 14.3 Å². The number of carbonyl (C=O) groups excluding carboxylic acids is 2. The Kier molecular flexibility index (Phi) is 5.74. The van der Waals surface area contributed by atoms with Crippen molar-refractivity contribution in [1.82, 2.24) is 19.5 Å². The second-order valence-electron chi connectivity index (χ2n) is 6.49. The molecule has 4 rings (SSSR count). The number of anilines is 1. The van der Waals surface area contributed by atoms with Gasteiger partial charge in [0.2, 0.25) is 4.96 Å². The molecule has 156 valence electrons. The van der Waals surface area contributed by atoms with E-state index in [0.717, 1.165) is 11.3 Å². The molecule has 1 aliphatic heterocycles. The minimum Gasteiger partial charge on any atom is -0.378 e. The number of ether oxygens (including phenoxy) is 1. The second kappa shape index (κ2) is 8.31. The molecule has 0 aliphatic carbocycles. The van der Waals surface area contributed by atoms with Crippen molar-refractivity contribution >= 4 is 57.0 Å². The molecule has 1 saturated heterocycles. The van der Waals surface area contributed by atoms with Crippen LogP contribution in [0.4, 0.5) is 5.69 Å². The molecule has 9 nitrogen and oxygen atoms in total. The van der Waals surface area contributed by atoms with Gasteiger partial charge in [0.05, 0.1) is 13.2 Å². The van der Waals surface area contributed by atoms with Gasteiger partial charge in [-0.2, -0.15) is 14.6 Å². The Morgan fingerprint density at radius 2 is 1.83 bits per heavy atom. The Morgan fingerprint density at radius 3 is 2.50 bits per heavy atom. The zero-order valence-electron chi connectivity index (χ0n) is 15.6. The summed E-state index contributed by atoms with van der Waals surface area (Å²) >= 11 is 12.9. The van der Waals surface area contributed by atoms with Crippen LogP contribution in [0.1, 0.15) is 25.9 Å². The molecule has 2 amide bonds. The average molecular weight is 468 g/mol. The van der Waals surface area contributed by atoms with Crippen molar-refractivity contribution in [2.45, 2.75) is 6.92 Å². The smallest absolute Gasteiger partial charge is 0.295 e. The number of nitrogens with zero attached hydrogens (tertiary/aromatic N) is 4. The van der Waals surface area contributed by atoms with Crippen LogP contribution in [0.5, 0.6) is 0 Å². The van der Waals surface area contributed by atoms with Crippen LogP contribution in [0, 0.1) is 6.92 Å². The van der Waals surface area contributed by atoms with Gasteiger partial charge in [-0.25, -0.2) is 0 Å². The van der Waals surface area contributed by atoms with Crippen molar-refractivity contribution in [3.8, 4) is 0 Å². The first-order valence-electron chi connectivity index (χ1n) is 8.88. The summed E-state index contributed by atoms with van der Waals surface area (Å²) in [6, 6.07) is 4.60. The van der Waals surface area contributed by atoms with Crippen molar-refractivity contribution in [2.75, 3.05) is 31.6 Å². The van der Waals surface area contributed by atoms with Crippen molar-refractivity contribution in [3.05, 3.63) is 54.9 Å². The van der Waals surface area contributed by atoms with E-state index >= 15 is 0 Å². The summed E-state index contributed by atoms with van der Waals surface area (Å²) in [4.78, 5) is 44.0. The van der Waals surface area contributed by atoms with E-state index in [0.29, 0.717) is 42.0 Å². The third-order valence-corrected chi connectivity index (χ3v) is 5.85. The van der Waals surface area contributed by atoms with Crippen molar-refractivity contribution in [2.24, 2.45) is 0 Å². The lowest BCUT2D eigenvalue weighted by molar-refractivity contribution is 0.0296. The number of fused-ring (bicyclic) bond motifs is 1. The highest BCUT2D eigenvalue weighted by Gasteiger charge is 2.30. The van der Waals surface area contributed by atoms with Crippen LogP contribution in [-0.2, 0) is 4.74 Å². The van der Waals surface area contributed by atoms with Crippen LogP contribution in [0.2, 0.25) is 10.0 Å². The number of aromatic nitrogens is 3. The number of carbonyl (C=O) groups is 2. The summed E-state index contributed by atoms with van der Waals surface area (Å²) in [5, 5.41) is 7.57. The molecule has 1 N–H and O–H groups in total. The molecule has 1 fully saturated rings. The lowest BCUT2D eigenvalue weighted by atomic mass is 10.2. The van der Waals surface area contributed by atoms with Gasteiger partial charge in [-0.15, -0.1) is 0 Å². The number of hydrogen-bond acceptors (Lipinski definition) is 7. The number of amides is 2. The lowest BCUT2D eigenvalue weighted by Crippen LogP contribution is -2.42. The Labute approximate surface area is 184 Å². The third kappa shape index (κ3) is 4.04. The zero-order chi connectivity index (χ0) is 21.4. The number of halogens is 2. The fourth-order valence-electron chi connectivity index (χ4n) is 2.97. The van der Waals surface area contributed by atoms with E-state index in [-0.39, 0.29) is 21.2 Å². The summed E-state index contributed by atoms with van der Waals surface area (Å²) in [6.45, 7) is 3.06. The second-order valence-corrected chi connectivity index (χ2v) is 8.34. The molecular weight excluding hydrogens is 453 g/mol. The van der Waals surface area contributed by atoms with Gasteiger partial charge in [-0.05, 0) is 25.1 Å². The third-order valence-electron chi connectivity index (χ3n) is 4.39. The number of aryl methyl sites for hydroxylation is 1. The van der Waals surface area contributed by atoms with Gasteiger partial charge in [0.1, 0.15) is 10.6 Å². The van der Waals surface area contributed by atoms with E-state index < -0.39 is 17.4 Å². The maximum absolute atomic E-state index is 13.2. The molecule has 12 heteroatoms. The van der Waals surface area contributed by atoms with Gasteiger partial charge in [0.25, 0.3) is 17.4 Å². The predicted molar refractivity (Wildman–Crippen MR) is 113 cm³/mol. The maximum Gasteiger partial charge on any atom is 0.295 e. The van der Waals surface area contributed by atoms with Gasteiger partial charge in [0.15, 0.2) is 5.69 Å². The van der Waals surface area contributed by atoms with Gasteiger partial charge in [-0.3, -0.25) is 14.4 Å². The van der Waals surface area contributed by atoms with Gasteiger partial charge in [-0.1, -0.05) is 34.5 Å². The quantitative estimate of drug-likeness (QED) is 0.633. The Morgan fingerprint density at radius 1 is 1.17 bits per heavy atom. The first-order valence-corrected chi connectivity index (χ1v) is 10.5. The Hall–Kier alpha value is -2.53. The number of thiazole rings is 1. The standard InChI is InChI=1S/C18H15Cl2N5O4S/c1-9-15(26)22-18-25(23-9)13(17(28)24-2-4-29-5-3-24)14(30-18)16(27)21-12-7-10(19)6-11(20)8-12/h6-8H,2-5H2,1H3,(H,21,27). The van der Waals surface area contributed by atoms with E-state index in [1.807, 2.05) is 0 Å². The molecular formula is C18H15Cl2N5O4S. The monoisotopic (exact) mass is 467 g/mol. The molecule has 2 aromatic heterocycles. The predicted octanol–water partition coefficient (Wildman–Crippen LogP) is 2.49. The van der Waals surface area contributed by atoms with Gasteiger partial charge >= 0.3 is 0 Å². The first kappa shape index (κ1) is 20.7. The Bertz CT molecular complexity index is 1200. The van der Waals surface area contributed by atoms with Crippen LogP contribution in [0.15, 0.2) is 23.0 Å². The zero-order valence-corrected chi connectivity index (χ0v) is 18.0. The van der Waals surface area contributed by atoms with Gasteiger partial charge < -0.3 is 15.0 Å². The van der Waals surface area contributed by atoms with E-state index in [1.54, 1.807) is 4.90 Å². The Balaban J connectivity index is 1.80. The molecule has 0 atom stereocenters. The molecule has 0 saturated carbocycles. The number of morpholine rings is 1. The van der Waals surface area contributed by atoms with E-state index in [4.69, 9.17) is 27.9 Å². The van der Waals surface area contributed by atoms with Crippen LogP contribution in [-0.4, -0.2) is 57.6 Å². The van der Waals surface area contributed by atoms with E-state index in [1.165, 1.54) is 29.6 Å². The lowest BCUT2D eigenvalue weighted by Gasteiger charge is -2.26. The molecule has 30 heavy (non-hydrogen) atoms. The molecule has 0 spiro atoms. The molecule has 3 heterocycles. The highest BCUT2D eigenvalue weighted by molar-refractivity contribution is 7.19. The summed E-state index contributed by atoms with van der Waals surface area (Å²) < 4.78 is 6.55. The molecule has 0 unspecified atom stereocenters. The van der Waals surface area contributed by atoms with Crippen molar-refractivity contribution in [3.63, 3.8) is 0 Å². The molecule has 1 aromatic carbocycles. The normalized spacial score (nSPS) is 14.2. The minimum absolute atomic E-state index is 0.0399. The summed E-state index contributed by atoms with van der Waals surface area (Å²) in [7, 11) is 0. The fraction of sp³-hybridized carbons (Fsp3) is 0.278. The number of nitrogens with one attached hydrogen (secondary N) is 1. The molecule has 3 aromatic rings. The van der Waals surface area contributed by atoms with Crippen LogP contribution in [0.25, 0.3) is 4.96 Å². The topological polar surface area (TPSA) is 106 Å². The fourth-order valence-corrected chi connectivity index (χ4v) is 4.44. The van der Waals surface area contributed by atoms with Crippen molar-refractivity contribution in [1.29, 1.82) is 0 Å². The summed E-state index contributed by atoms with van der Waals surface area (Å²) in [6.07, 6.45) is 0. The maximum atomic E-state index is 13.2. The highest BCUT2D eigenvalue weighted by Crippen LogP contribution is 2.26. The van der Waals surface area contributed by atoms with Crippen LogP contribution < -0.4 is 10.9 Å². The van der Waals surface area contributed by atoms with Crippen LogP contribution >= 0.6 is 34.5 Å².